The van der Waals surface area contributed by atoms with E-state index in [1.165, 1.54) is 17.2 Å². The summed E-state index contributed by atoms with van der Waals surface area (Å²) in [6.07, 6.45) is 1.58. The van der Waals surface area contributed by atoms with Crippen LogP contribution in [0.5, 0.6) is 0 Å². The van der Waals surface area contributed by atoms with Gasteiger partial charge in [0.05, 0.1) is 13.2 Å². The van der Waals surface area contributed by atoms with Crippen molar-refractivity contribution in [1.82, 2.24) is 4.98 Å². The van der Waals surface area contributed by atoms with Gasteiger partial charge in [-0.15, -0.1) is 0 Å². The van der Waals surface area contributed by atoms with E-state index in [0.29, 0.717) is 13.2 Å². The summed E-state index contributed by atoms with van der Waals surface area (Å²) in [6.45, 7) is 1.32. The maximum Gasteiger partial charge on any atom is 0.354 e. The molecule has 18 heavy (non-hydrogen) atoms. The molecule has 0 saturated heterocycles. The molecule has 0 bridgehead atoms. The zero-order valence-electron chi connectivity index (χ0n) is 9.59. The highest BCUT2D eigenvalue weighted by Crippen LogP contribution is 2.26. The third kappa shape index (κ3) is 1.87. The lowest BCUT2D eigenvalue weighted by Gasteiger charge is -2.04. The average Bonchev–Trinajstić information content (AvgIpc) is 2.86. The minimum atomic E-state index is -1.01. The van der Waals surface area contributed by atoms with Crippen molar-refractivity contribution in [3.8, 4) is 11.1 Å². The Balaban J connectivity index is 1.97. The van der Waals surface area contributed by atoms with Crippen LogP contribution in [0.3, 0.4) is 0 Å². The minimum Gasteiger partial charge on any atom is -0.477 e. The lowest BCUT2D eigenvalue weighted by molar-refractivity contribution is 0.0690. The van der Waals surface area contributed by atoms with Gasteiger partial charge in [0, 0.05) is 11.8 Å². The van der Waals surface area contributed by atoms with Crippen molar-refractivity contribution in [2.24, 2.45) is 0 Å². The number of nitrogens with zero attached hydrogens (tertiary/aromatic N) is 1. The third-order valence-corrected chi connectivity index (χ3v) is 3.04. The molecule has 1 aromatic carbocycles. The number of aromatic carboxylic acids is 1. The summed E-state index contributed by atoms with van der Waals surface area (Å²) < 4.78 is 5.36. The molecule has 0 saturated carbocycles. The fourth-order valence-electron chi connectivity index (χ4n) is 2.04. The first-order chi connectivity index (χ1) is 8.74. The van der Waals surface area contributed by atoms with Crippen LogP contribution in [0.15, 0.2) is 36.5 Å². The molecule has 0 atom stereocenters. The maximum atomic E-state index is 10.7. The van der Waals surface area contributed by atoms with Gasteiger partial charge in [-0.2, -0.15) is 0 Å². The number of carbonyl (C=O) groups is 1. The van der Waals surface area contributed by atoms with Gasteiger partial charge < -0.3 is 9.84 Å². The molecule has 1 aliphatic rings. The molecular weight excluding hydrogens is 230 g/mol. The molecule has 0 radical (unpaired) electrons. The van der Waals surface area contributed by atoms with E-state index in [0.717, 1.165) is 11.1 Å². The summed E-state index contributed by atoms with van der Waals surface area (Å²) in [4.78, 5) is 14.6. The van der Waals surface area contributed by atoms with Gasteiger partial charge in [0.2, 0.25) is 0 Å². The number of aromatic nitrogens is 1. The van der Waals surface area contributed by atoms with Crippen LogP contribution in [0.1, 0.15) is 21.6 Å². The number of carboxylic acids is 1. The Labute approximate surface area is 104 Å². The fourth-order valence-corrected chi connectivity index (χ4v) is 2.04. The van der Waals surface area contributed by atoms with Gasteiger partial charge in [-0.25, -0.2) is 9.78 Å². The van der Waals surface area contributed by atoms with Gasteiger partial charge in [-0.3, -0.25) is 0 Å². The molecule has 90 valence electrons. The van der Waals surface area contributed by atoms with E-state index in [1.54, 1.807) is 12.3 Å². The van der Waals surface area contributed by atoms with E-state index < -0.39 is 5.97 Å². The number of hydrogen-bond acceptors (Lipinski definition) is 3. The molecule has 0 fully saturated rings. The summed E-state index contributed by atoms with van der Waals surface area (Å²) in [5, 5.41) is 8.79. The minimum absolute atomic E-state index is 0.0586. The molecule has 0 amide bonds. The van der Waals surface area contributed by atoms with Gasteiger partial charge in [-0.1, -0.05) is 18.2 Å². The monoisotopic (exact) mass is 241 g/mol. The number of ether oxygens (including phenoxy) is 1. The Morgan fingerprint density at radius 3 is 2.61 bits per heavy atom. The summed E-state index contributed by atoms with van der Waals surface area (Å²) in [6, 6.07) is 9.41. The van der Waals surface area contributed by atoms with Crippen molar-refractivity contribution >= 4 is 5.97 Å². The predicted octanol–water partition coefficient (Wildman–Crippen LogP) is 2.48. The van der Waals surface area contributed by atoms with Crippen molar-refractivity contribution in [2.45, 2.75) is 13.2 Å². The highest BCUT2D eigenvalue weighted by atomic mass is 16.5. The molecule has 4 nitrogen and oxygen atoms in total. The van der Waals surface area contributed by atoms with Crippen molar-refractivity contribution in [3.63, 3.8) is 0 Å². The number of benzene rings is 1. The Kier molecular flexibility index (Phi) is 2.57. The second kappa shape index (κ2) is 4.23. The lowest BCUT2D eigenvalue weighted by atomic mass is 10.0. The van der Waals surface area contributed by atoms with Crippen LogP contribution < -0.4 is 0 Å². The number of carboxylic acid groups (broad SMARTS) is 1. The van der Waals surface area contributed by atoms with E-state index in [-0.39, 0.29) is 5.69 Å². The third-order valence-electron chi connectivity index (χ3n) is 3.04. The van der Waals surface area contributed by atoms with Gasteiger partial charge in [0.15, 0.2) is 0 Å². The number of fused-ring (bicyclic) bond motifs is 1. The number of hydrogen-bond donors (Lipinski definition) is 1. The molecule has 1 aliphatic heterocycles. The first-order valence-electron chi connectivity index (χ1n) is 5.63. The van der Waals surface area contributed by atoms with E-state index in [4.69, 9.17) is 9.84 Å². The van der Waals surface area contributed by atoms with Crippen LogP contribution in [0.2, 0.25) is 0 Å². The van der Waals surface area contributed by atoms with Crippen LogP contribution in [0.4, 0.5) is 0 Å². The summed E-state index contributed by atoms with van der Waals surface area (Å²) in [5.74, 6) is -1.01. The molecule has 2 aromatic rings. The molecule has 0 aliphatic carbocycles. The summed E-state index contributed by atoms with van der Waals surface area (Å²) in [5.41, 5.74) is 4.41. The molecule has 2 heterocycles. The molecule has 1 aromatic heterocycles. The Hall–Kier alpha value is -2.20. The molecule has 0 spiro atoms. The fraction of sp³-hybridized carbons (Fsp3) is 0.143. The second-order valence-corrected chi connectivity index (χ2v) is 4.21. The van der Waals surface area contributed by atoms with E-state index in [2.05, 4.69) is 11.1 Å². The number of rotatable bonds is 2. The standard InChI is InChI=1S/C14H11NO3/c16-14(17)13-4-3-10(6-15-13)9-1-2-11-7-18-8-12(11)5-9/h1-6H,7-8H2,(H,16,17). The molecule has 4 heteroatoms. The van der Waals surface area contributed by atoms with Gasteiger partial charge in [0.25, 0.3) is 0 Å². The largest absolute Gasteiger partial charge is 0.477 e. The molecular formula is C14H11NO3. The van der Waals surface area contributed by atoms with Crippen molar-refractivity contribution < 1.29 is 14.6 Å². The topological polar surface area (TPSA) is 59.4 Å². The molecule has 3 rings (SSSR count). The highest BCUT2D eigenvalue weighted by Gasteiger charge is 2.12. The summed E-state index contributed by atoms with van der Waals surface area (Å²) in [7, 11) is 0. The lowest BCUT2D eigenvalue weighted by Crippen LogP contribution is -1.99. The highest BCUT2D eigenvalue weighted by molar-refractivity contribution is 5.85. The first kappa shape index (κ1) is 10.9. The zero-order chi connectivity index (χ0) is 12.5. The average molecular weight is 241 g/mol. The zero-order valence-corrected chi connectivity index (χ0v) is 9.59. The van der Waals surface area contributed by atoms with E-state index in [9.17, 15) is 4.79 Å². The van der Waals surface area contributed by atoms with E-state index in [1.807, 2.05) is 12.1 Å². The second-order valence-electron chi connectivity index (χ2n) is 4.21. The van der Waals surface area contributed by atoms with Crippen LogP contribution >= 0.6 is 0 Å². The van der Waals surface area contributed by atoms with Crippen LogP contribution in [0.25, 0.3) is 11.1 Å². The van der Waals surface area contributed by atoms with Gasteiger partial charge in [0.1, 0.15) is 5.69 Å². The van der Waals surface area contributed by atoms with Crippen molar-refractivity contribution in [2.75, 3.05) is 0 Å². The Morgan fingerprint density at radius 1 is 1.11 bits per heavy atom. The molecule has 1 N–H and O–H groups in total. The van der Waals surface area contributed by atoms with E-state index >= 15 is 0 Å². The van der Waals surface area contributed by atoms with Crippen molar-refractivity contribution in [1.29, 1.82) is 0 Å². The van der Waals surface area contributed by atoms with Gasteiger partial charge in [-0.05, 0) is 28.8 Å². The predicted molar refractivity (Wildman–Crippen MR) is 65.1 cm³/mol. The Morgan fingerprint density at radius 2 is 1.89 bits per heavy atom. The van der Waals surface area contributed by atoms with Gasteiger partial charge >= 0.3 is 5.97 Å². The normalized spacial score (nSPS) is 13.3. The van der Waals surface area contributed by atoms with Crippen LogP contribution in [-0.4, -0.2) is 16.1 Å². The maximum absolute atomic E-state index is 10.7. The first-order valence-corrected chi connectivity index (χ1v) is 5.63. The number of pyridine rings is 1. The smallest absolute Gasteiger partial charge is 0.354 e. The summed E-state index contributed by atoms with van der Waals surface area (Å²) >= 11 is 0. The van der Waals surface area contributed by atoms with Crippen molar-refractivity contribution in [3.05, 3.63) is 53.3 Å². The molecule has 0 unspecified atom stereocenters. The SMILES string of the molecule is O=C(O)c1ccc(-c2ccc3c(c2)COC3)cn1. The quantitative estimate of drug-likeness (QED) is 0.877. The Bertz CT molecular complexity index is 605. The van der Waals surface area contributed by atoms with Crippen LogP contribution in [0, 0.1) is 0 Å². The van der Waals surface area contributed by atoms with Crippen LogP contribution in [-0.2, 0) is 18.0 Å².